The van der Waals surface area contributed by atoms with Gasteiger partial charge in [0.25, 0.3) is 0 Å². The van der Waals surface area contributed by atoms with Gasteiger partial charge in [0.1, 0.15) is 0 Å². The van der Waals surface area contributed by atoms with Crippen LogP contribution in [0, 0.1) is 0 Å². The molecule has 0 aromatic carbocycles. The van der Waals surface area contributed by atoms with Gasteiger partial charge in [-0.2, -0.15) is 0 Å². The summed E-state index contributed by atoms with van der Waals surface area (Å²) in [5.41, 5.74) is 2.73. The third-order valence-electron chi connectivity index (χ3n) is 0.262. The molecule has 0 aromatic rings. The van der Waals surface area contributed by atoms with Crippen molar-refractivity contribution in [2.45, 2.75) is 26.4 Å². The first-order valence-corrected chi connectivity index (χ1v) is 2.99. The average molecular weight is 163 g/mol. The number of hydrogen-bond acceptors (Lipinski definition) is 3. The van der Waals surface area contributed by atoms with Crippen molar-refractivity contribution in [3.8, 4) is 0 Å². The zero-order valence-corrected chi connectivity index (χ0v) is 6.97. The monoisotopic (exact) mass is 163 g/mol. The summed E-state index contributed by atoms with van der Waals surface area (Å²) in [4.78, 5) is 9.71. The van der Waals surface area contributed by atoms with E-state index in [2.05, 4.69) is 11.7 Å². The molecule has 6 heteroatoms. The van der Waals surface area contributed by atoms with Crippen molar-refractivity contribution in [3.05, 3.63) is 0 Å². The molecule has 67 valence electrons. The van der Waals surface area contributed by atoms with Gasteiger partial charge in [-0.3, -0.25) is 10.9 Å². The van der Waals surface area contributed by atoms with Crippen LogP contribution in [0.1, 0.15) is 20.8 Å². The molecule has 0 atom stereocenters. The first kappa shape index (κ1) is 12.8. The van der Waals surface area contributed by atoms with Crippen LogP contribution in [0.25, 0.3) is 0 Å². The van der Waals surface area contributed by atoms with Crippen LogP contribution in [0.3, 0.4) is 0 Å². The Morgan fingerprint density at radius 1 is 1.18 bits per heavy atom. The second-order valence-corrected chi connectivity index (χ2v) is 2.73. The molecule has 0 heterocycles. The van der Waals surface area contributed by atoms with Gasteiger partial charge in [-0.25, -0.2) is 21.6 Å². The Morgan fingerprint density at radius 3 is 1.36 bits per heavy atom. The van der Waals surface area contributed by atoms with E-state index in [0.717, 1.165) is 0 Å². The van der Waals surface area contributed by atoms with E-state index < -0.39 is 11.6 Å². The fourth-order valence-electron chi connectivity index (χ4n) is 0.0417. The quantitative estimate of drug-likeness (QED) is 0.214. The molecule has 0 unspecified atom stereocenters. The fraction of sp³-hybridized carbons (Fsp3) is 0.800. The molecule has 0 fully saturated rings. The Labute approximate surface area is 65.9 Å². The summed E-state index contributed by atoms with van der Waals surface area (Å²) in [6.45, 7) is 4.90. The first-order chi connectivity index (χ1) is 4.81. The van der Waals surface area contributed by atoms with Crippen molar-refractivity contribution in [2.24, 2.45) is 11.7 Å². The van der Waals surface area contributed by atoms with Gasteiger partial charge >= 0.3 is 6.03 Å². The van der Waals surface area contributed by atoms with Crippen LogP contribution in [0.2, 0.25) is 0 Å². The van der Waals surface area contributed by atoms with Crippen LogP contribution >= 0.6 is 0 Å². The Balaban J connectivity index is 0. The molecule has 0 rings (SSSR count). The topological polar surface area (TPSA) is 113 Å². The van der Waals surface area contributed by atoms with E-state index in [0.29, 0.717) is 0 Å². The molecule has 6 nitrogen and oxygen atoms in total. The van der Waals surface area contributed by atoms with E-state index in [1.807, 2.05) is 0 Å². The smallest absolute Gasteiger partial charge is 0.275 e. The number of carbonyl (C=O) groups excluding carboxylic acids is 1. The second kappa shape index (κ2) is 5.90. The molecular weight excluding hydrogens is 148 g/mol. The lowest BCUT2D eigenvalue weighted by atomic mass is 10.2. The summed E-state index contributed by atoms with van der Waals surface area (Å²) < 4.78 is 0. The predicted molar refractivity (Wildman–Crippen MR) is 40.5 cm³/mol. The molecule has 11 heavy (non-hydrogen) atoms. The van der Waals surface area contributed by atoms with Crippen molar-refractivity contribution in [3.63, 3.8) is 0 Å². The molecule has 0 aliphatic heterocycles. The highest BCUT2D eigenvalue weighted by Crippen LogP contribution is 1.95. The lowest BCUT2D eigenvalue weighted by Gasteiger charge is -2.00. The highest BCUT2D eigenvalue weighted by atomic mass is 16.3. The largest absolute Gasteiger partial charge is 0.343 e. The highest BCUT2D eigenvalue weighted by Gasteiger charge is 2.01. The summed E-state index contributed by atoms with van der Waals surface area (Å²) in [7, 11) is 0. The molecular formula is C5H15N4O2. The number of hydrazine groups is 2. The zero-order chi connectivity index (χ0) is 9.49. The molecule has 0 aromatic heterocycles. The van der Waals surface area contributed by atoms with E-state index in [9.17, 15) is 9.90 Å². The van der Waals surface area contributed by atoms with Crippen LogP contribution in [0.4, 0.5) is 4.79 Å². The number of rotatable bonds is 0. The van der Waals surface area contributed by atoms with E-state index in [1.54, 1.807) is 31.6 Å². The molecule has 0 spiro atoms. The van der Waals surface area contributed by atoms with Crippen molar-refractivity contribution < 1.29 is 9.90 Å². The third kappa shape index (κ3) is 47.1. The molecule has 6 N–H and O–H groups in total. The molecule has 0 aliphatic rings. The molecule has 2 amide bonds. The molecule has 0 saturated carbocycles. The number of carbonyl (C=O) groups is 1. The fourth-order valence-corrected chi connectivity index (χ4v) is 0.0417. The summed E-state index contributed by atoms with van der Waals surface area (Å²) in [6, 6.07) is -0.602. The standard InChI is InChI=1S/C4H9O.CH6N4O/c1-4(2,3)5;2-4-1(6)5-3/h1-3H3;2-3H2,(H2,4,5,6). The molecule has 0 saturated heterocycles. The Bertz CT molecular complexity index is 97.5. The van der Waals surface area contributed by atoms with E-state index in [-0.39, 0.29) is 0 Å². The van der Waals surface area contributed by atoms with Gasteiger partial charge in [-0.15, -0.1) is 0 Å². The van der Waals surface area contributed by atoms with Crippen molar-refractivity contribution in [1.29, 1.82) is 0 Å². The van der Waals surface area contributed by atoms with Crippen LogP contribution < -0.4 is 22.5 Å². The maximum Gasteiger partial charge on any atom is 0.343 e. The Kier molecular flexibility index (Phi) is 6.86. The minimum Gasteiger partial charge on any atom is -0.275 e. The Hall–Kier alpha value is -0.850. The van der Waals surface area contributed by atoms with Gasteiger partial charge in [0.15, 0.2) is 0 Å². The maximum absolute atomic E-state index is 10.1. The number of nitrogens with two attached hydrogens (primary N) is 2. The average Bonchev–Trinajstić information content (AvgIpc) is 1.83. The van der Waals surface area contributed by atoms with Crippen molar-refractivity contribution in [1.82, 2.24) is 10.9 Å². The zero-order valence-electron chi connectivity index (χ0n) is 6.97. The number of amides is 2. The van der Waals surface area contributed by atoms with Gasteiger partial charge < -0.3 is 0 Å². The Morgan fingerprint density at radius 2 is 1.36 bits per heavy atom. The SMILES string of the molecule is CC(C)(C)[O].NNC(=O)NN. The predicted octanol–water partition coefficient (Wildman–Crippen LogP) is -0.752. The minimum atomic E-state index is -0.750. The summed E-state index contributed by atoms with van der Waals surface area (Å²) in [5, 5.41) is 10.1. The first-order valence-electron chi connectivity index (χ1n) is 2.99. The van der Waals surface area contributed by atoms with Gasteiger partial charge in [0.2, 0.25) is 0 Å². The van der Waals surface area contributed by atoms with Crippen LogP contribution in [0.5, 0.6) is 0 Å². The maximum atomic E-state index is 10.1. The third-order valence-corrected chi connectivity index (χ3v) is 0.262. The van der Waals surface area contributed by atoms with Crippen LogP contribution in [-0.2, 0) is 5.11 Å². The summed E-state index contributed by atoms with van der Waals surface area (Å²) in [6.07, 6.45) is 0. The lowest BCUT2D eigenvalue weighted by molar-refractivity contribution is 0.0219. The number of hydrogen-bond donors (Lipinski definition) is 4. The minimum absolute atomic E-state index is 0.602. The number of urea groups is 1. The lowest BCUT2D eigenvalue weighted by Crippen LogP contribution is -2.43. The molecule has 0 bridgehead atoms. The normalized spacial score (nSPS) is 9.27. The highest BCUT2D eigenvalue weighted by molar-refractivity contribution is 5.72. The molecule has 0 aliphatic carbocycles. The van der Waals surface area contributed by atoms with Gasteiger partial charge in [-0.05, 0) is 20.8 Å². The summed E-state index contributed by atoms with van der Waals surface area (Å²) >= 11 is 0. The molecule has 1 radical (unpaired) electrons. The van der Waals surface area contributed by atoms with Gasteiger partial charge in [0, 0.05) is 0 Å². The number of nitrogens with one attached hydrogen (secondary N) is 2. The van der Waals surface area contributed by atoms with E-state index in [1.165, 1.54) is 0 Å². The van der Waals surface area contributed by atoms with Gasteiger partial charge in [-0.1, -0.05) is 0 Å². The van der Waals surface area contributed by atoms with Crippen molar-refractivity contribution in [2.75, 3.05) is 0 Å². The van der Waals surface area contributed by atoms with Gasteiger partial charge in [0.05, 0.1) is 5.60 Å². The van der Waals surface area contributed by atoms with E-state index in [4.69, 9.17) is 0 Å². The van der Waals surface area contributed by atoms with Crippen LogP contribution in [-0.4, -0.2) is 11.6 Å². The van der Waals surface area contributed by atoms with Crippen molar-refractivity contribution >= 4 is 6.03 Å². The summed E-state index contributed by atoms with van der Waals surface area (Å²) in [5.74, 6) is 9.08. The van der Waals surface area contributed by atoms with Crippen LogP contribution in [0.15, 0.2) is 0 Å². The second-order valence-electron chi connectivity index (χ2n) is 2.73. The van der Waals surface area contributed by atoms with E-state index >= 15 is 0 Å².